The molecule has 2 aromatic rings. The SMILES string of the molecule is C[C@H](N)c1nc(Cc2ccncc2)no1. The van der Waals surface area contributed by atoms with Gasteiger partial charge in [0.1, 0.15) is 0 Å². The van der Waals surface area contributed by atoms with Crippen molar-refractivity contribution in [2.24, 2.45) is 5.73 Å². The molecule has 2 aromatic heterocycles. The number of aromatic nitrogens is 3. The lowest BCUT2D eigenvalue weighted by molar-refractivity contribution is 0.358. The van der Waals surface area contributed by atoms with Gasteiger partial charge in [-0.1, -0.05) is 5.16 Å². The van der Waals surface area contributed by atoms with Crippen LogP contribution in [0, 0.1) is 0 Å². The normalized spacial score (nSPS) is 12.7. The minimum atomic E-state index is -0.219. The molecule has 5 heteroatoms. The zero-order valence-electron chi connectivity index (χ0n) is 8.42. The largest absolute Gasteiger partial charge is 0.338 e. The molecule has 0 saturated carbocycles. The molecular formula is C10H12N4O. The number of rotatable bonds is 3. The molecule has 15 heavy (non-hydrogen) atoms. The molecule has 0 aliphatic carbocycles. The average Bonchev–Trinajstić information content (AvgIpc) is 2.68. The highest BCUT2D eigenvalue weighted by Crippen LogP contribution is 2.09. The molecule has 1 atom stereocenters. The highest BCUT2D eigenvalue weighted by Gasteiger charge is 2.10. The highest BCUT2D eigenvalue weighted by molar-refractivity contribution is 5.14. The molecule has 2 N–H and O–H groups in total. The van der Waals surface area contributed by atoms with E-state index in [0.29, 0.717) is 18.1 Å². The summed E-state index contributed by atoms with van der Waals surface area (Å²) in [7, 11) is 0. The van der Waals surface area contributed by atoms with E-state index in [1.165, 1.54) is 0 Å². The summed E-state index contributed by atoms with van der Waals surface area (Å²) in [6, 6.07) is 3.62. The molecule has 0 saturated heterocycles. The van der Waals surface area contributed by atoms with Crippen LogP contribution in [0.4, 0.5) is 0 Å². The van der Waals surface area contributed by atoms with Crippen molar-refractivity contribution in [2.45, 2.75) is 19.4 Å². The van der Waals surface area contributed by atoms with E-state index in [-0.39, 0.29) is 6.04 Å². The third-order valence-electron chi connectivity index (χ3n) is 1.98. The smallest absolute Gasteiger partial charge is 0.243 e. The summed E-state index contributed by atoms with van der Waals surface area (Å²) in [6.45, 7) is 1.81. The topological polar surface area (TPSA) is 77.8 Å². The predicted molar refractivity (Wildman–Crippen MR) is 53.9 cm³/mol. The summed E-state index contributed by atoms with van der Waals surface area (Å²) < 4.78 is 5.00. The van der Waals surface area contributed by atoms with Crippen molar-refractivity contribution in [3.8, 4) is 0 Å². The van der Waals surface area contributed by atoms with Gasteiger partial charge in [-0.15, -0.1) is 0 Å². The van der Waals surface area contributed by atoms with Crippen molar-refractivity contribution < 1.29 is 4.52 Å². The van der Waals surface area contributed by atoms with Crippen LogP contribution in [0.15, 0.2) is 29.0 Å². The van der Waals surface area contributed by atoms with Crippen LogP contribution in [-0.4, -0.2) is 15.1 Å². The molecule has 5 nitrogen and oxygen atoms in total. The van der Waals surface area contributed by atoms with Crippen LogP contribution in [0.1, 0.15) is 30.2 Å². The molecule has 0 aromatic carbocycles. The molecule has 0 bridgehead atoms. The number of hydrogen-bond acceptors (Lipinski definition) is 5. The lowest BCUT2D eigenvalue weighted by atomic mass is 10.2. The van der Waals surface area contributed by atoms with E-state index in [9.17, 15) is 0 Å². The monoisotopic (exact) mass is 204 g/mol. The Labute approximate surface area is 87.3 Å². The maximum atomic E-state index is 5.61. The van der Waals surface area contributed by atoms with Gasteiger partial charge in [0.05, 0.1) is 6.04 Å². The summed E-state index contributed by atoms with van der Waals surface area (Å²) in [5.41, 5.74) is 6.71. The van der Waals surface area contributed by atoms with Crippen LogP contribution in [0.25, 0.3) is 0 Å². The molecule has 0 radical (unpaired) electrons. The first-order valence-electron chi connectivity index (χ1n) is 4.72. The third kappa shape index (κ3) is 2.38. The Morgan fingerprint density at radius 3 is 2.73 bits per heavy atom. The molecule has 0 amide bonds. The van der Waals surface area contributed by atoms with Gasteiger partial charge in [0.25, 0.3) is 0 Å². The second-order valence-corrected chi connectivity index (χ2v) is 3.37. The summed E-state index contributed by atoms with van der Waals surface area (Å²) in [5.74, 6) is 1.12. The van der Waals surface area contributed by atoms with Gasteiger partial charge in [-0.05, 0) is 24.6 Å². The fraction of sp³-hybridized carbons (Fsp3) is 0.300. The third-order valence-corrected chi connectivity index (χ3v) is 1.98. The molecule has 2 rings (SSSR count). The summed E-state index contributed by atoms with van der Waals surface area (Å²) in [4.78, 5) is 8.12. The van der Waals surface area contributed by atoms with Crippen LogP contribution in [0.5, 0.6) is 0 Å². The van der Waals surface area contributed by atoms with Crippen molar-refractivity contribution in [2.75, 3.05) is 0 Å². The molecule has 0 aliphatic heterocycles. The van der Waals surface area contributed by atoms with Gasteiger partial charge in [0.2, 0.25) is 5.89 Å². The first kappa shape index (κ1) is 9.79. The quantitative estimate of drug-likeness (QED) is 0.809. The Hall–Kier alpha value is -1.75. The van der Waals surface area contributed by atoms with Gasteiger partial charge >= 0.3 is 0 Å². The second kappa shape index (κ2) is 4.18. The lowest BCUT2D eigenvalue weighted by Gasteiger charge is -1.94. The maximum Gasteiger partial charge on any atom is 0.243 e. The van der Waals surface area contributed by atoms with Gasteiger partial charge in [-0.25, -0.2) is 0 Å². The summed E-state index contributed by atoms with van der Waals surface area (Å²) >= 11 is 0. The average molecular weight is 204 g/mol. The number of nitrogens with two attached hydrogens (primary N) is 1. The van der Waals surface area contributed by atoms with Gasteiger partial charge in [0, 0.05) is 18.8 Å². The molecule has 0 unspecified atom stereocenters. The van der Waals surface area contributed by atoms with Crippen molar-refractivity contribution in [1.29, 1.82) is 0 Å². The van der Waals surface area contributed by atoms with Crippen molar-refractivity contribution in [1.82, 2.24) is 15.1 Å². The van der Waals surface area contributed by atoms with Crippen LogP contribution in [0.2, 0.25) is 0 Å². The predicted octanol–water partition coefficient (Wildman–Crippen LogP) is 1.08. The van der Waals surface area contributed by atoms with Crippen LogP contribution < -0.4 is 5.73 Å². The Morgan fingerprint density at radius 2 is 2.13 bits per heavy atom. The van der Waals surface area contributed by atoms with E-state index < -0.39 is 0 Å². The first-order valence-corrected chi connectivity index (χ1v) is 4.72. The van der Waals surface area contributed by atoms with E-state index >= 15 is 0 Å². The zero-order valence-corrected chi connectivity index (χ0v) is 8.42. The minimum Gasteiger partial charge on any atom is -0.338 e. The van der Waals surface area contributed by atoms with E-state index in [2.05, 4.69) is 15.1 Å². The highest BCUT2D eigenvalue weighted by atomic mass is 16.5. The molecule has 0 spiro atoms. The lowest BCUT2D eigenvalue weighted by Crippen LogP contribution is -2.05. The number of nitrogens with zero attached hydrogens (tertiary/aromatic N) is 3. The van der Waals surface area contributed by atoms with Crippen molar-refractivity contribution in [3.05, 3.63) is 41.8 Å². The molecule has 0 aliphatic rings. The zero-order chi connectivity index (χ0) is 10.7. The Kier molecular flexibility index (Phi) is 2.73. The Bertz CT molecular complexity index is 424. The van der Waals surface area contributed by atoms with E-state index in [1.807, 2.05) is 19.1 Å². The Morgan fingerprint density at radius 1 is 1.40 bits per heavy atom. The van der Waals surface area contributed by atoms with Crippen LogP contribution in [0.3, 0.4) is 0 Å². The van der Waals surface area contributed by atoms with E-state index in [1.54, 1.807) is 12.4 Å². The van der Waals surface area contributed by atoms with E-state index in [0.717, 1.165) is 5.56 Å². The van der Waals surface area contributed by atoms with Gasteiger partial charge in [-0.3, -0.25) is 4.98 Å². The Balaban J connectivity index is 2.12. The molecular weight excluding hydrogens is 192 g/mol. The van der Waals surface area contributed by atoms with Crippen LogP contribution >= 0.6 is 0 Å². The first-order chi connectivity index (χ1) is 7.25. The number of pyridine rings is 1. The van der Waals surface area contributed by atoms with Crippen molar-refractivity contribution in [3.63, 3.8) is 0 Å². The van der Waals surface area contributed by atoms with Crippen molar-refractivity contribution >= 4 is 0 Å². The van der Waals surface area contributed by atoms with E-state index in [4.69, 9.17) is 10.3 Å². The molecule has 78 valence electrons. The fourth-order valence-corrected chi connectivity index (χ4v) is 1.21. The number of hydrogen-bond donors (Lipinski definition) is 1. The van der Waals surface area contributed by atoms with Gasteiger partial charge in [-0.2, -0.15) is 4.98 Å². The second-order valence-electron chi connectivity index (χ2n) is 3.37. The maximum absolute atomic E-state index is 5.61. The minimum absolute atomic E-state index is 0.219. The van der Waals surface area contributed by atoms with Gasteiger partial charge in [0.15, 0.2) is 5.82 Å². The van der Waals surface area contributed by atoms with Crippen LogP contribution in [-0.2, 0) is 6.42 Å². The summed E-state index contributed by atoms with van der Waals surface area (Å²) in [5, 5.41) is 3.85. The fourth-order valence-electron chi connectivity index (χ4n) is 1.21. The standard InChI is InChI=1S/C10H12N4O/c1-7(11)10-13-9(14-15-10)6-8-2-4-12-5-3-8/h2-5,7H,6,11H2,1H3/t7-/m0/s1. The molecule has 2 heterocycles. The summed E-state index contributed by atoms with van der Waals surface area (Å²) in [6.07, 6.45) is 4.11. The molecule has 0 fully saturated rings. The van der Waals surface area contributed by atoms with Gasteiger partial charge < -0.3 is 10.3 Å².